The van der Waals surface area contributed by atoms with Gasteiger partial charge in [-0.05, 0) is 0 Å². The van der Waals surface area contributed by atoms with Crippen molar-refractivity contribution < 1.29 is 78.4 Å². The van der Waals surface area contributed by atoms with Crippen molar-refractivity contribution in [3.05, 3.63) is 22.2 Å². The standard InChI is InChI=1S/C12H25.NO3.Na.H2O4S.Zr/c1-3-5-7-9-11-12-10-8-6-4-2;2-1(3)4;;1-5(2,3)4;/h1,3-12H2,2H3;;;(H2,1,2,3,4);/q2*-1;+1;;+3/p-2. The minimum Gasteiger partial charge on any atom is -0.759 e. The van der Waals surface area contributed by atoms with E-state index in [2.05, 4.69) is 13.8 Å². The molecule has 0 fully saturated rings. The average molecular weight is 442 g/mol. The maximum absolute atomic E-state index is 8.52. The van der Waals surface area contributed by atoms with E-state index in [0.717, 1.165) is 6.42 Å². The van der Waals surface area contributed by atoms with E-state index < -0.39 is 15.5 Å². The topological polar surface area (TPSA) is 146 Å². The van der Waals surface area contributed by atoms with E-state index in [4.69, 9.17) is 32.8 Å². The molecule has 0 aromatic heterocycles. The van der Waals surface area contributed by atoms with Crippen LogP contribution in [0.4, 0.5) is 0 Å². The predicted octanol–water partition coefficient (Wildman–Crippen LogP) is 0.166. The van der Waals surface area contributed by atoms with Crippen LogP contribution in [0.5, 0.6) is 0 Å². The Kier molecular flexibility index (Phi) is 42.4. The van der Waals surface area contributed by atoms with Crippen molar-refractivity contribution in [1.29, 1.82) is 0 Å². The molecule has 0 aromatic carbocycles. The molecule has 131 valence electrons. The van der Waals surface area contributed by atoms with Gasteiger partial charge >= 0.3 is 55.8 Å². The number of hydrogen-bond acceptors (Lipinski definition) is 7. The van der Waals surface area contributed by atoms with Gasteiger partial charge in [0.1, 0.15) is 0 Å². The first kappa shape index (κ1) is 35.1. The summed E-state index contributed by atoms with van der Waals surface area (Å²) in [5, 5.41) is 14.8. The molecule has 0 saturated carbocycles. The molecule has 0 aromatic rings. The van der Waals surface area contributed by atoms with Gasteiger partial charge in [0.05, 0.1) is 5.09 Å². The van der Waals surface area contributed by atoms with Gasteiger partial charge in [-0.3, -0.25) is 8.42 Å². The number of rotatable bonds is 9. The van der Waals surface area contributed by atoms with Crippen molar-refractivity contribution in [3.63, 3.8) is 0 Å². The zero-order valence-corrected chi connectivity index (χ0v) is 19.3. The molecular formula is C12H25NNaO7SZr. The summed E-state index contributed by atoms with van der Waals surface area (Å²) in [5.41, 5.74) is 0. The van der Waals surface area contributed by atoms with Crippen LogP contribution >= 0.6 is 0 Å². The van der Waals surface area contributed by atoms with E-state index in [1.54, 1.807) is 0 Å². The van der Waals surface area contributed by atoms with Crippen molar-refractivity contribution in [2.24, 2.45) is 0 Å². The Morgan fingerprint density at radius 1 is 0.870 bits per heavy atom. The SMILES string of the molecule is O=S(=O)([O-])[O-].O=[N+]([O-])[O-].[CH2-]CCCCCCCCCCC.[Na+].[Zr+3]. The van der Waals surface area contributed by atoms with Gasteiger partial charge in [0.2, 0.25) is 0 Å². The molecule has 0 unspecified atom stereocenters. The van der Waals surface area contributed by atoms with Crippen molar-refractivity contribution >= 4 is 10.4 Å². The predicted molar refractivity (Wildman–Crippen MR) is 78.0 cm³/mol. The maximum Gasteiger partial charge on any atom is 3.00 e. The molecule has 0 amide bonds. The summed E-state index contributed by atoms with van der Waals surface area (Å²) in [7, 11) is -5.17. The summed E-state index contributed by atoms with van der Waals surface area (Å²) in [6.07, 6.45) is 13.9. The van der Waals surface area contributed by atoms with Crippen LogP contribution in [0.1, 0.15) is 71.1 Å². The van der Waals surface area contributed by atoms with Crippen LogP contribution in [0.2, 0.25) is 0 Å². The summed E-state index contributed by atoms with van der Waals surface area (Å²) in [6, 6.07) is 0. The number of nitrogens with zero attached hydrogens (tertiary/aromatic N) is 1. The normalized spacial score (nSPS) is 9.04. The summed E-state index contributed by atoms with van der Waals surface area (Å²) in [4.78, 5) is 8.25. The first-order chi connectivity index (χ1) is 9.65. The van der Waals surface area contributed by atoms with Gasteiger partial charge < -0.3 is 31.4 Å². The second-order valence-corrected chi connectivity index (χ2v) is 5.13. The van der Waals surface area contributed by atoms with Crippen molar-refractivity contribution in [3.8, 4) is 0 Å². The minimum absolute atomic E-state index is 0. The Labute approximate surface area is 180 Å². The molecule has 0 aliphatic rings. The van der Waals surface area contributed by atoms with Crippen molar-refractivity contribution in [1.82, 2.24) is 0 Å². The molecule has 0 N–H and O–H groups in total. The van der Waals surface area contributed by atoms with Crippen molar-refractivity contribution in [2.45, 2.75) is 71.1 Å². The first-order valence-corrected chi connectivity index (χ1v) is 8.25. The van der Waals surface area contributed by atoms with Crippen LogP contribution in [0.25, 0.3) is 0 Å². The van der Waals surface area contributed by atoms with Gasteiger partial charge in [0, 0.05) is 10.4 Å². The van der Waals surface area contributed by atoms with Crippen LogP contribution in [0.3, 0.4) is 0 Å². The van der Waals surface area contributed by atoms with Crippen LogP contribution < -0.4 is 29.6 Å². The molecule has 11 heteroatoms. The fourth-order valence-electron chi connectivity index (χ4n) is 1.49. The molecule has 0 saturated heterocycles. The third-order valence-corrected chi connectivity index (χ3v) is 2.35. The minimum atomic E-state index is -5.17. The van der Waals surface area contributed by atoms with Gasteiger partial charge in [-0.2, -0.15) is 6.42 Å². The summed E-state index contributed by atoms with van der Waals surface area (Å²) >= 11 is 0. The Hall–Kier alpha value is 0.953. The van der Waals surface area contributed by atoms with E-state index in [9.17, 15) is 0 Å². The zero-order chi connectivity index (χ0) is 17.1. The second-order valence-electron chi connectivity index (χ2n) is 4.31. The fourth-order valence-corrected chi connectivity index (χ4v) is 1.49. The molecule has 0 spiro atoms. The molecule has 0 rings (SSSR count). The quantitative estimate of drug-likeness (QED) is 0.0942. The van der Waals surface area contributed by atoms with Gasteiger partial charge in [-0.15, -0.1) is 0 Å². The zero-order valence-electron chi connectivity index (χ0n) is 14.0. The largest absolute Gasteiger partial charge is 3.00 e. The Balaban J connectivity index is -0.0000000828. The van der Waals surface area contributed by atoms with E-state index >= 15 is 0 Å². The van der Waals surface area contributed by atoms with Crippen LogP contribution in [-0.2, 0) is 36.6 Å². The molecule has 0 aliphatic heterocycles. The monoisotopic (exact) mass is 440 g/mol. The van der Waals surface area contributed by atoms with Gasteiger partial charge in [-0.1, -0.05) is 64.7 Å². The summed E-state index contributed by atoms with van der Waals surface area (Å²) < 4.78 is 34.1. The van der Waals surface area contributed by atoms with Crippen LogP contribution in [0.15, 0.2) is 0 Å². The first-order valence-electron chi connectivity index (χ1n) is 6.92. The molecule has 0 heterocycles. The molecule has 0 atom stereocenters. The van der Waals surface area contributed by atoms with Crippen LogP contribution in [-0.4, -0.2) is 22.6 Å². The smallest absolute Gasteiger partial charge is 0.759 e. The molecule has 0 bridgehead atoms. The molecular weight excluding hydrogens is 416 g/mol. The molecule has 8 nitrogen and oxygen atoms in total. The third-order valence-electron chi connectivity index (χ3n) is 2.35. The van der Waals surface area contributed by atoms with Gasteiger partial charge in [0.25, 0.3) is 0 Å². The average Bonchev–Trinajstić information content (AvgIpc) is 2.30. The maximum atomic E-state index is 8.52. The third kappa shape index (κ3) is 102. The van der Waals surface area contributed by atoms with Gasteiger partial charge in [0.15, 0.2) is 0 Å². The Morgan fingerprint density at radius 2 is 1.09 bits per heavy atom. The molecule has 0 aliphatic carbocycles. The van der Waals surface area contributed by atoms with E-state index in [0.29, 0.717) is 0 Å². The van der Waals surface area contributed by atoms with E-state index in [1.165, 1.54) is 57.8 Å². The number of hydrogen-bond donors (Lipinski definition) is 0. The second kappa shape index (κ2) is 27.8. The van der Waals surface area contributed by atoms with Crippen molar-refractivity contribution in [2.75, 3.05) is 0 Å². The fraction of sp³-hybridized carbons (Fsp3) is 0.917. The van der Waals surface area contributed by atoms with E-state index in [-0.39, 0.29) is 55.8 Å². The van der Waals surface area contributed by atoms with E-state index in [1.807, 2.05) is 0 Å². The van der Waals surface area contributed by atoms with Crippen LogP contribution in [0, 0.1) is 22.2 Å². The Morgan fingerprint density at radius 3 is 1.30 bits per heavy atom. The summed E-state index contributed by atoms with van der Waals surface area (Å²) in [6.45, 7) is 6.12. The van der Waals surface area contributed by atoms with Gasteiger partial charge in [-0.25, -0.2) is 0 Å². The molecule has 1 radical (unpaired) electrons. The Bertz CT molecular complexity index is 297. The number of unbranched alkanes of at least 4 members (excludes halogenated alkanes) is 9. The molecule has 23 heavy (non-hydrogen) atoms. The summed E-state index contributed by atoms with van der Waals surface area (Å²) in [5.74, 6) is 0.